The number of carbonyl (C=O) groups is 2. The van der Waals surface area contributed by atoms with Gasteiger partial charge in [-0.1, -0.05) is 11.6 Å². The number of amides is 1. The fourth-order valence-electron chi connectivity index (χ4n) is 2.43. The lowest BCUT2D eigenvalue weighted by atomic mass is 10.1. The van der Waals surface area contributed by atoms with Crippen molar-refractivity contribution in [2.24, 2.45) is 0 Å². The predicted octanol–water partition coefficient (Wildman–Crippen LogP) is 3.97. The molecule has 1 aromatic heterocycles. The molecule has 25 heavy (non-hydrogen) atoms. The van der Waals surface area contributed by atoms with Crippen LogP contribution >= 0.6 is 11.6 Å². The van der Waals surface area contributed by atoms with E-state index in [0.29, 0.717) is 28.1 Å². The molecule has 6 nitrogen and oxygen atoms in total. The molecular formula is C18H18ClN3O3. The number of nitriles is 1. The zero-order valence-corrected chi connectivity index (χ0v) is 15.1. The van der Waals surface area contributed by atoms with E-state index in [2.05, 4.69) is 10.3 Å². The van der Waals surface area contributed by atoms with Crippen LogP contribution in [-0.2, 0) is 4.74 Å². The fourth-order valence-corrected chi connectivity index (χ4v) is 2.66. The van der Waals surface area contributed by atoms with Crippen LogP contribution in [-0.4, -0.2) is 23.0 Å². The minimum Gasteiger partial charge on any atom is -0.459 e. The van der Waals surface area contributed by atoms with Crippen molar-refractivity contribution in [1.82, 2.24) is 4.98 Å². The van der Waals surface area contributed by atoms with E-state index >= 15 is 0 Å². The number of benzene rings is 1. The van der Waals surface area contributed by atoms with Crippen molar-refractivity contribution in [3.8, 4) is 6.07 Å². The average Bonchev–Trinajstić information content (AvgIpc) is 2.81. The number of nitrogens with zero attached hydrogens (tertiary/aromatic N) is 1. The lowest BCUT2D eigenvalue weighted by Crippen LogP contribution is -2.15. The van der Waals surface area contributed by atoms with Crippen LogP contribution in [0, 0.1) is 25.2 Å². The van der Waals surface area contributed by atoms with Crippen LogP contribution in [0.25, 0.3) is 0 Å². The van der Waals surface area contributed by atoms with Crippen molar-refractivity contribution in [2.45, 2.75) is 33.8 Å². The van der Waals surface area contributed by atoms with Gasteiger partial charge in [0.25, 0.3) is 5.91 Å². The zero-order valence-electron chi connectivity index (χ0n) is 14.4. The molecule has 0 aliphatic rings. The first-order chi connectivity index (χ1) is 11.7. The molecule has 0 bridgehead atoms. The smallest absolute Gasteiger partial charge is 0.340 e. The summed E-state index contributed by atoms with van der Waals surface area (Å²) in [6.45, 7) is 6.91. The highest BCUT2D eigenvalue weighted by molar-refractivity contribution is 6.32. The number of aryl methyl sites for hydroxylation is 1. The third-order valence-corrected chi connectivity index (χ3v) is 3.87. The maximum atomic E-state index is 12.5. The standard InChI is InChI=1S/C18H18ClN3O3/c1-9(2)25-18(24)15-10(3)16(21-11(15)4)17(23)22-13-6-5-12(8-20)14(19)7-13/h5-7,9,21H,1-4H3,(H,22,23). The Morgan fingerprint density at radius 3 is 2.56 bits per heavy atom. The molecule has 1 heterocycles. The van der Waals surface area contributed by atoms with E-state index in [1.54, 1.807) is 33.8 Å². The molecule has 7 heteroatoms. The van der Waals surface area contributed by atoms with E-state index in [-0.39, 0.29) is 16.8 Å². The Bertz CT molecular complexity index is 878. The number of nitrogens with one attached hydrogen (secondary N) is 2. The first-order valence-corrected chi connectivity index (χ1v) is 8.03. The zero-order chi connectivity index (χ0) is 18.7. The van der Waals surface area contributed by atoms with Gasteiger partial charge in [-0.25, -0.2) is 4.79 Å². The van der Waals surface area contributed by atoms with Crippen molar-refractivity contribution in [1.29, 1.82) is 5.26 Å². The molecule has 0 fully saturated rings. The number of rotatable bonds is 4. The van der Waals surface area contributed by atoms with Gasteiger partial charge in [-0.2, -0.15) is 5.26 Å². The van der Waals surface area contributed by atoms with Crippen molar-refractivity contribution in [3.63, 3.8) is 0 Å². The van der Waals surface area contributed by atoms with Gasteiger partial charge in [-0.15, -0.1) is 0 Å². The van der Waals surface area contributed by atoms with Crippen LogP contribution in [0.1, 0.15) is 51.5 Å². The molecule has 0 aliphatic heterocycles. The monoisotopic (exact) mass is 359 g/mol. The van der Waals surface area contributed by atoms with Crippen LogP contribution in [0.4, 0.5) is 5.69 Å². The number of H-pyrrole nitrogens is 1. The first kappa shape index (κ1) is 18.6. The molecule has 0 saturated heterocycles. The number of hydrogen-bond donors (Lipinski definition) is 2. The van der Waals surface area contributed by atoms with Crippen molar-refractivity contribution < 1.29 is 14.3 Å². The summed E-state index contributed by atoms with van der Waals surface area (Å²) >= 11 is 5.97. The van der Waals surface area contributed by atoms with Gasteiger partial charge in [0.15, 0.2) is 0 Å². The molecule has 2 aromatic rings. The number of esters is 1. The number of carbonyl (C=O) groups excluding carboxylic acids is 2. The summed E-state index contributed by atoms with van der Waals surface area (Å²) in [6.07, 6.45) is -0.251. The third-order valence-electron chi connectivity index (χ3n) is 3.56. The van der Waals surface area contributed by atoms with Crippen LogP contribution in [0.2, 0.25) is 5.02 Å². The largest absolute Gasteiger partial charge is 0.459 e. The van der Waals surface area contributed by atoms with Crippen LogP contribution in [0.15, 0.2) is 18.2 Å². The van der Waals surface area contributed by atoms with E-state index in [1.807, 2.05) is 6.07 Å². The Balaban J connectivity index is 2.27. The van der Waals surface area contributed by atoms with E-state index < -0.39 is 11.9 Å². The molecule has 0 spiro atoms. The second kappa shape index (κ2) is 7.41. The summed E-state index contributed by atoms with van der Waals surface area (Å²) in [6, 6.07) is 6.56. The lowest BCUT2D eigenvalue weighted by Gasteiger charge is -2.08. The van der Waals surface area contributed by atoms with Gasteiger partial charge in [0.05, 0.1) is 22.3 Å². The van der Waals surface area contributed by atoms with Crippen molar-refractivity contribution in [2.75, 3.05) is 5.32 Å². The lowest BCUT2D eigenvalue weighted by molar-refractivity contribution is 0.0376. The summed E-state index contributed by atoms with van der Waals surface area (Å²) in [5, 5.41) is 11.8. The van der Waals surface area contributed by atoms with E-state index in [0.717, 1.165) is 0 Å². The molecule has 0 atom stereocenters. The molecule has 0 aliphatic carbocycles. The van der Waals surface area contributed by atoms with Gasteiger partial charge < -0.3 is 15.0 Å². The quantitative estimate of drug-likeness (QED) is 0.807. The number of anilines is 1. The van der Waals surface area contributed by atoms with Gasteiger partial charge in [-0.3, -0.25) is 4.79 Å². The number of aromatic amines is 1. The van der Waals surface area contributed by atoms with Gasteiger partial charge >= 0.3 is 5.97 Å². The van der Waals surface area contributed by atoms with Gasteiger partial charge in [0.2, 0.25) is 0 Å². The van der Waals surface area contributed by atoms with Gasteiger partial charge in [0, 0.05) is 11.4 Å². The highest BCUT2D eigenvalue weighted by Crippen LogP contribution is 2.23. The minimum atomic E-state index is -0.471. The Hall–Kier alpha value is -2.78. The van der Waals surface area contributed by atoms with E-state index in [1.165, 1.54) is 12.1 Å². The third kappa shape index (κ3) is 4.01. The van der Waals surface area contributed by atoms with Crippen LogP contribution in [0.5, 0.6) is 0 Å². The number of aromatic nitrogens is 1. The summed E-state index contributed by atoms with van der Waals surface area (Å²) in [7, 11) is 0. The number of hydrogen-bond acceptors (Lipinski definition) is 4. The summed E-state index contributed by atoms with van der Waals surface area (Å²) < 4.78 is 5.21. The van der Waals surface area contributed by atoms with E-state index in [9.17, 15) is 9.59 Å². The normalized spacial score (nSPS) is 10.4. The number of ether oxygens (including phenoxy) is 1. The molecule has 0 saturated carbocycles. The molecule has 0 unspecified atom stereocenters. The molecule has 1 amide bonds. The Labute approximate surface area is 150 Å². The summed E-state index contributed by atoms with van der Waals surface area (Å²) in [4.78, 5) is 27.6. The molecule has 2 rings (SSSR count). The van der Waals surface area contributed by atoms with Crippen LogP contribution < -0.4 is 5.32 Å². The predicted molar refractivity (Wildman–Crippen MR) is 94.9 cm³/mol. The Morgan fingerprint density at radius 2 is 2.00 bits per heavy atom. The van der Waals surface area contributed by atoms with Crippen LogP contribution in [0.3, 0.4) is 0 Å². The maximum absolute atomic E-state index is 12.5. The average molecular weight is 360 g/mol. The minimum absolute atomic E-state index is 0.251. The Kier molecular flexibility index (Phi) is 5.50. The summed E-state index contributed by atoms with van der Waals surface area (Å²) in [5.74, 6) is -0.883. The number of halogens is 1. The van der Waals surface area contributed by atoms with Crippen molar-refractivity contribution in [3.05, 3.63) is 51.3 Å². The highest BCUT2D eigenvalue weighted by atomic mass is 35.5. The maximum Gasteiger partial charge on any atom is 0.340 e. The second-order valence-electron chi connectivity index (χ2n) is 5.84. The topological polar surface area (TPSA) is 95.0 Å². The highest BCUT2D eigenvalue weighted by Gasteiger charge is 2.23. The Morgan fingerprint density at radius 1 is 1.32 bits per heavy atom. The second-order valence-corrected chi connectivity index (χ2v) is 6.25. The van der Waals surface area contributed by atoms with Gasteiger partial charge in [0.1, 0.15) is 11.8 Å². The van der Waals surface area contributed by atoms with Crippen molar-refractivity contribution >= 4 is 29.2 Å². The van der Waals surface area contributed by atoms with Gasteiger partial charge in [-0.05, 0) is 51.5 Å². The molecule has 1 aromatic carbocycles. The fraction of sp³-hybridized carbons (Fsp3) is 0.278. The van der Waals surface area contributed by atoms with E-state index in [4.69, 9.17) is 21.6 Å². The molecule has 2 N–H and O–H groups in total. The SMILES string of the molecule is Cc1[nH]c(C(=O)Nc2ccc(C#N)c(Cl)c2)c(C)c1C(=O)OC(C)C. The summed E-state index contributed by atoms with van der Waals surface area (Å²) in [5.41, 5.74) is 2.48. The molecule has 0 radical (unpaired) electrons. The molecule has 130 valence electrons. The first-order valence-electron chi connectivity index (χ1n) is 7.65. The molecular weight excluding hydrogens is 342 g/mol.